The minimum Gasteiger partial charge on any atom is -0.381 e. The fourth-order valence-electron chi connectivity index (χ4n) is 2.25. The molecule has 0 aromatic heterocycles. The second-order valence-corrected chi connectivity index (χ2v) is 6.59. The first-order valence-electron chi connectivity index (χ1n) is 6.31. The number of carbonyl (C=O) groups excluding carboxylic acids is 1. The molecule has 110 valence electrons. The highest BCUT2D eigenvalue weighted by Gasteiger charge is 2.24. The van der Waals surface area contributed by atoms with Crippen LogP contribution in [0, 0.1) is 19.8 Å². The molecule has 20 heavy (non-hydrogen) atoms. The Hall–Kier alpha value is -1.44. The van der Waals surface area contributed by atoms with Crippen LogP contribution >= 0.6 is 0 Å². The number of rotatable bonds is 3. The van der Waals surface area contributed by atoms with Crippen molar-refractivity contribution in [2.45, 2.75) is 25.2 Å². The molecule has 1 aromatic rings. The summed E-state index contributed by atoms with van der Waals surface area (Å²) in [6, 6.07) is 2.92. The van der Waals surface area contributed by atoms with Gasteiger partial charge in [-0.2, -0.15) is 0 Å². The van der Waals surface area contributed by atoms with Crippen LogP contribution in [0.5, 0.6) is 0 Å². The number of primary sulfonamides is 1. The van der Waals surface area contributed by atoms with Crippen molar-refractivity contribution in [3.63, 3.8) is 0 Å². The van der Waals surface area contributed by atoms with Crippen LogP contribution in [0.2, 0.25) is 0 Å². The lowest BCUT2D eigenvalue weighted by atomic mass is 10.1. The largest absolute Gasteiger partial charge is 0.381 e. The maximum Gasteiger partial charge on any atom is 0.238 e. The fourth-order valence-corrected chi connectivity index (χ4v) is 2.93. The van der Waals surface area contributed by atoms with Gasteiger partial charge in [0.1, 0.15) is 0 Å². The second-order valence-electron chi connectivity index (χ2n) is 5.03. The first kappa shape index (κ1) is 15.0. The maximum absolute atomic E-state index is 12.1. The van der Waals surface area contributed by atoms with Crippen molar-refractivity contribution in [1.82, 2.24) is 0 Å². The van der Waals surface area contributed by atoms with E-state index in [-0.39, 0.29) is 16.7 Å². The third kappa shape index (κ3) is 3.17. The average Bonchev–Trinajstić information content (AvgIpc) is 2.85. The van der Waals surface area contributed by atoms with Crippen molar-refractivity contribution >= 4 is 21.6 Å². The molecule has 0 saturated carbocycles. The van der Waals surface area contributed by atoms with Gasteiger partial charge in [-0.05, 0) is 43.5 Å². The Balaban J connectivity index is 2.26. The summed E-state index contributed by atoms with van der Waals surface area (Å²) in [4.78, 5) is 12.1. The number of nitrogens with one attached hydrogen (secondary N) is 1. The number of amides is 1. The average molecular weight is 298 g/mol. The molecule has 0 bridgehead atoms. The summed E-state index contributed by atoms with van der Waals surface area (Å²) in [6.07, 6.45) is 0.708. The van der Waals surface area contributed by atoms with Gasteiger partial charge in [0.05, 0.1) is 17.4 Å². The molecule has 1 unspecified atom stereocenters. The van der Waals surface area contributed by atoms with Crippen LogP contribution in [0.1, 0.15) is 17.5 Å². The molecular weight excluding hydrogens is 280 g/mol. The summed E-state index contributed by atoms with van der Waals surface area (Å²) in [7, 11) is -3.74. The number of nitrogens with two attached hydrogens (primary N) is 1. The van der Waals surface area contributed by atoms with Gasteiger partial charge in [0.25, 0.3) is 0 Å². The number of aryl methyl sites for hydroxylation is 2. The molecule has 1 aromatic carbocycles. The van der Waals surface area contributed by atoms with Crippen LogP contribution in [-0.2, 0) is 19.6 Å². The third-order valence-electron chi connectivity index (χ3n) is 3.38. The Labute approximate surface area is 118 Å². The minimum absolute atomic E-state index is 0.0506. The molecule has 1 fully saturated rings. The lowest BCUT2D eigenvalue weighted by molar-refractivity contribution is -0.119. The minimum atomic E-state index is -3.74. The van der Waals surface area contributed by atoms with Gasteiger partial charge in [-0.15, -0.1) is 0 Å². The molecule has 1 amide bonds. The van der Waals surface area contributed by atoms with Crippen molar-refractivity contribution in [2.24, 2.45) is 11.1 Å². The van der Waals surface area contributed by atoms with E-state index in [0.29, 0.717) is 36.4 Å². The van der Waals surface area contributed by atoms with Crippen LogP contribution < -0.4 is 10.5 Å². The van der Waals surface area contributed by atoms with Gasteiger partial charge in [0.15, 0.2) is 0 Å². The van der Waals surface area contributed by atoms with Crippen LogP contribution in [-0.4, -0.2) is 27.5 Å². The first-order chi connectivity index (χ1) is 9.29. The van der Waals surface area contributed by atoms with E-state index in [1.807, 2.05) is 0 Å². The van der Waals surface area contributed by atoms with Crippen molar-refractivity contribution in [3.8, 4) is 0 Å². The predicted octanol–water partition coefficient (Wildman–Crippen LogP) is 0.926. The summed E-state index contributed by atoms with van der Waals surface area (Å²) >= 11 is 0. The van der Waals surface area contributed by atoms with E-state index in [2.05, 4.69) is 5.32 Å². The monoisotopic (exact) mass is 298 g/mol. The molecular formula is C13H18N2O4S. The molecule has 1 heterocycles. The van der Waals surface area contributed by atoms with Crippen molar-refractivity contribution in [3.05, 3.63) is 23.3 Å². The van der Waals surface area contributed by atoms with Gasteiger partial charge in [-0.1, -0.05) is 0 Å². The zero-order chi connectivity index (χ0) is 14.9. The molecule has 0 spiro atoms. The van der Waals surface area contributed by atoms with Crippen LogP contribution in [0.3, 0.4) is 0 Å². The van der Waals surface area contributed by atoms with Gasteiger partial charge < -0.3 is 10.1 Å². The summed E-state index contributed by atoms with van der Waals surface area (Å²) in [5.74, 6) is -0.247. The molecule has 0 aliphatic carbocycles. The van der Waals surface area contributed by atoms with Crippen LogP contribution in [0.4, 0.5) is 5.69 Å². The number of sulfonamides is 1. The van der Waals surface area contributed by atoms with Crippen LogP contribution in [0.15, 0.2) is 17.0 Å². The molecule has 1 aliphatic heterocycles. The molecule has 1 aliphatic rings. The molecule has 0 radical (unpaired) electrons. The van der Waals surface area contributed by atoms with Crippen molar-refractivity contribution in [2.75, 3.05) is 18.5 Å². The molecule has 7 heteroatoms. The second kappa shape index (κ2) is 5.51. The van der Waals surface area contributed by atoms with E-state index < -0.39 is 10.0 Å². The predicted molar refractivity (Wildman–Crippen MR) is 74.8 cm³/mol. The first-order valence-corrected chi connectivity index (χ1v) is 7.86. The number of ether oxygens (including phenoxy) is 1. The summed E-state index contributed by atoms with van der Waals surface area (Å²) < 4.78 is 27.9. The number of carbonyl (C=O) groups is 1. The van der Waals surface area contributed by atoms with E-state index in [1.165, 1.54) is 12.1 Å². The summed E-state index contributed by atoms with van der Waals surface area (Å²) in [6.45, 7) is 4.50. The van der Waals surface area contributed by atoms with Crippen molar-refractivity contribution in [1.29, 1.82) is 0 Å². The smallest absolute Gasteiger partial charge is 0.238 e. The lowest BCUT2D eigenvalue weighted by Crippen LogP contribution is -2.24. The Morgan fingerprint density at radius 3 is 2.40 bits per heavy atom. The number of hydrogen-bond acceptors (Lipinski definition) is 4. The molecule has 6 nitrogen and oxygen atoms in total. The van der Waals surface area contributed by atoms with Gasteiger partial charge in [-0.3, -0.25) is 4.79 Å². The number of benzene rings is 1. The maximum atomic E-state index is 12.1. The van der Waals surface area contributed by atoms with Gasteiger partial charge >= 0.3 is 0 Å². The van der Waals surface area contributed by atoms with E-state index in [9.17, 15) is 13.2 Å². The highest BCUT2D eigenvalue weighted by molar-refractivity contribution is 7.89. The molecule has 1 saturated heterocycles. The zero-order valence-corrected chi connectivity index (χ0v) is 12.3. The molecule has 1 atom stereocenters. The van der Waals surface area contributed by atoms with Crippen molar-refractivity contribution < 1.29 is 17.9 Å². The normalized spacial score (nSPS) is 19.1. The highest BCUT2D eigenvalue weighted by atomic mass is 32.2. The van der Waals surface area contributed by atoms with Gasteiger partial charge in [0.2, 0.25) is 15.9 Å². The lowest BCUT2D eigenvalue weighted by Gasteiger charge is -2.15. The Morgan fingerprint density at radius 1 is 1.35 bits per heavy atom. The zero-order valence-electron chi connectivity index (χ0n) is 11.5. The van der Waals surface area contributed by atoms with E-state index >= 15 is 0 Å². The Kier molecular flexibility index (Phi) is 4.12. The quantitative estimate of drug-likeness (QED) is 0.867. The third-order valence-corrected chi connectivity index (χ3v) is 4.28. The SMILES string of the molecule is Cc1cc(S(N)(=O)=O)cc(C)c1NC(=O)C1CCOC1. The standard InChI is InChI=1S/C13H18N2O4S/c1-8-5-11(20(14,17)18)6-9(2)12(8)15-13(16)10-3-4-19-7-10/h5-6,10H,3-4,7H2,1-2H3,(H,15,16)(H2,14,17,18). The van der Waals surface area contributed by atoms with Gasteiger partial charge in [0, 0.05) is 12.3 Å². The summed E-state index contributed by atoms with van der Waals surface area (Å²) in [5, 5.41) is 7.96. The van der Waals surface area contributed by atoms with Gasteiger partial charge in [-0.25, -0.2) is 13.6 Å². The molecule has 3 N–H and O–H groups in total. The Morgan fingerprint density at radius 2 is 1.95 bits per heavy atom. The van der Waals surface area contributed by atoms with E-state index in [0.717, 1.165) is 0 Å². The topological polar surface area (TPSA) is 98.5 Å². The van der Waals surface area contributed by atoms with E-state index in [1.54, 1.807) is 13.8 Å². The van der Waals surface area contributed by atoms with E-state index in [4.69, 9.17) is 9.88 Å². The number of anilines is 1. The highest BCUT2D eigenvalue weighted by Crippen LogP contribution is 2.25. The number of hydrogen-bond donors (Lipinski definition) is 2. The summed E-state index contributed by atoms with van der Waals surface area (Å²) in [5.41, 5.74) is 1.97. The Bertz CT molecular complexity index is 611. The molecule has 2 rings (SSSR count). The van der Waals surface area contributed by atoms with Crippen LogP contribution in [0.25, 0.3) is 0 Å². The fraction of sp³-hybridized carbons (Fsp3) is 0.462.